The van der Waals surface area contributed by atoms with Crippen LogP contribution in [0.3, 0.4) is 0 Å². The normalized spacial score (nSPS) is 16.3. The van der Waals surface area contributed by atoms with Crippen LogP contribution in [0.2, 0.25) is 0 Å². The molecule has 0 unspecified atom stereocenters. The highest BCUT2D eigenvalue weighted by Gasteiger charge is 2.23. The minimum Gasteiger partial charge on any atom is -0.333 e. The smallest absolute Gasteiger partial charge is 0.291 e. The van der Waals surface area contributed by atoms with Crippen molar-refractivity contribution in [3.05, 3.63) is 42.2 Å². The van der Waals surface area contributed by atoms with Gasteiger partial charge in [0.1, 0.15) is 6.33 Å². The van der Waals surface area contributed by atoms with E-state index in [4.69, 9.17) is 0 Å². The topological polar surface area (TPSA) is 78.0 Å². The van der Waals surface area contributed by atoms with E-state index in [1.54, 1.807) is 12.4 Å². The molecular weight excluding hydrogens is 256 g/mol. The highest BCUT2D eigenvalue weighted by molar-refractivity contribution is 5.90. The van der Waals surface area contributed by atoms with E-state index in [2.05, 4.69) is 25.1 Å². The molecule has 3 heterocycles. The van der Waals surface area contributed by atoms with Crippen molar-refractivity contribution < 1.29 is 4.79 Å². The molecule has 0 spiro atoms. The first-order chi connectivity index (χ1) is 9.83. The van der Waals surface area contributed by atoms with Crippen molar-refractivity contribution >= 4 is 5.91 Å². The highest BCUT2D eigenvalue weighted by atomic mass is 16.2. The predicted octanol–water partition coefficient (Wildman–Crippen LogP) is 0.158. The van der Waals surface area contributed by atoms with Crippen LogP contribution in [0, 0.1) is 0 Å². The van der Waals surface area contributed by atoms with E-state index in [1.165, 1.54) is 11.9 Å². The van der Waals surface area contributed by atoms with Crippen molar-refractivity contribution in [2.75, 3.05) is 26.2 Å². The van der Waals surface area contributed by atoms with Crippen molar-refractivity contribution in [2.24, 2.45) is 0 Å². The average molecular weight is 272 g/mol. The van der Waals surface area contributed by atoms with E-state index in [0.29, 0.717) is 18.9 Å². The molecule has 0 bridgehead atoms. The van der Waals surface area contributed by atoms with Gasteiger partial charge in [0.15, 0.2) is 0 Å². The number of hydrogen-bond acceptors (Lipinski definition) is 5. The summed E-state index contributed by atoms with van der Waals surface area (Å²) in [5.74, 6) is 0.235. The lowest BCUT2D eigenvalue weighted by Crippen LogP contribution is -2.48. The molecule has 2 aromatic heterocycles. The molecule has 1 aliphatic rings. The molecule has 0 radical (unpaired) electrons. The van der Waals surface area contributed by atoms with Crippen LogP contribution in [-0.2, 0) is 6.54 Å². The molecule has 7 heteroatoms. The summed E-state index contributed by atoms with van der Waals surface area (Å²) < 4.78 is 0. The fourth-order valence-corrected chi connectivity index (χ4v) is 2.31. The second-order valence-corrected chi connectivity index (χ2v) is 4.76. The van der Waals surface area contributed by atoms with E-state index in [0.717, 1.165) is 19.6 Å². The third kappa shape index (κ3) is 2.83. The standard InChI is InChI=1S/C13H16N6O/c20-13(12-15-10-16-17-12)19-7-5-18(6-8-19)9-11-1-3-14-4-2-11/h1-4,10H,5-9H2,(H,15,16,17). The molecule has 0 aromatic carbocycles. The van der Waals surface area contributed by atoms with E-state index >= 15 is 0 Å². The fraction of sp³-hybridized carbons (Fsp3) is 0.385. The van der Waals surface area contributed by atoms with Gasteiger partial charge < -0.3 is 4.90 Å². The monoisotopic (exact) mass is 272 g/mol. The first kappa shape index (κ1) is 12.7. The molecule has 0 saturated carbocycles. The molecule has 1 saturated heterocycles. The maximum atomic E-state index is 12.1. The second-order valence-electron chi connectivity index (χ2n) is 4.76. The number of aromatic amines is 1. The summed E-state index contributed by atoms with van der Waals surface area (Å²) in [7, 11) is 0. The summed E-state index contributed by atoms with van der Waals surface area (Å²) in [5, 5.41) is 6.32. The van der Waals surface area contributed by atoms with Crippen molar-refractivity contribution in [2.45, 2.75) is 6.54 Å². The molecule has 1 N–H and O–H groups in total. The minimum absolute atomic E-state index is 0.0777. The molecule has 1 fully saturated rings. The Morgan fingerprint density at radius 3 is 2.60 bits per heavy atom. The van der Waals surface area contributed by atoms with Crippen molar-refractivity contribution in [3.8, 4) is 0 Å². The molecule has 1 aliphatic heterocycles. The van der Waals surface area contributed by atoms with Gasteiger partial charge in [-0.15, -0.1) is 0 Å². The number of piperazine rings is 1. The van der Waals surface area contributed by atoms with Crippen molar-refractivity contribution in [3.63, 3.8) is 0 Å². The Hall–Kier alpha value is -2.28. The van der Waals surface area contributed by atoms with Gasteiger partial charge in [0.05, 0.1) is 0 Å². The Morgan fingerprint density at radius 1 is 1.20 bits per heavy atom. The van der Waals surface area contributed by atoms with Gasteiger partial charge in [-0.3, -0.25) is 19.8 Å². The first-order valence-corrected chi connectivity index (χ1v) is 6.59. The zero-order chi connectivity index (χ0) is 13.8. The summed E-state index contributed by atoms with van der Waals surface area (Å²) in [6.07, 6.45) is 4.96. The quantitative estimate of drug-likeness (QED) is 0.861. The maximum Gasteiger partial charge on any atom is 0.291 e. The number of rotatable bonds is 3. The lowest BCUT2D eigenvalue weighted by molar-refractivity contribution is 0.0617. The number of pyridine rings is 1. The van der Waals surface area contributed by atoms with Crippen LogP contribution in [0.1, 0.15) is 16.2 Å². The summed E-state index contributed by atoms with van der Waals surface area (Å²) in [6.45, 7) is 4.05. The molecule has 3 rings (SSSR count). The number of carbonyl (C=O) groups is 1. The minimum atomic E-state index is -0.0777. The van der Waals surface area contributed by atoms with Gasteiger partial charge in [-0.25, -0.2) is 4.98 Å². The van der Waals surface area contributed by atoms with Gasteiger partial charge in [0, 0.05) is 45.1 Å². The summed E-state index contributed by atoms with van der Waals surface area (Å²) in [5.41, 5.74) is 1.25. The van der Waals surface area contributed by atoms with E-state index in [-0.39, 0.29) is 5.91 Å². The van der Waals surface area contributed by atoms with Crippen LogP contribution in [0.15, 0.2) is 30.9 Å². The van der Waals surface area contributed by atoms with Gasteiger partial charge >= 0.3 is 0 Å². The number of hydrogen-bond donors (Lipinski definition) is 1. The fourth-order valence-electron chi connectivity index (χ4n) is 2.31. The summed E-state index contributed by atoms with van der Waals surface area (Å²) in [6, 6.07) is 4.04. The number of aromatic nitrogens is 4. The van der Waals surface area contributed by atoms with Gasteiger partial charge in [-0.1, -0.05) is 0 Å². The number of amides is 1. The Kier molecular flexibility index (Phi) is 3.69. The van der Waals surface area contributed by atoms with Crippen LogP contribution >= 0.6 is 0 Å². The zero-order valence-electron chi connectivity index (χ0n) is 11.1. The van der Waals surface area contributed by atoms with Gasteiger partial charge in [-0.2, -0.15) is 5.10 Å². The Balaban J connectivity index is 1.53. The average Bonchev–Trinajstić information content (AvgIpc) is 3.03. The maximum absolute atomic E-state index is 12.1. The third-order valence-corrected chi connectivity index (χ3v) is 3.43. The largest absolute Gasteiger partial charge is 0.333 e. The highest BCUT2D eigenvalue weighted by Crippen LogP contribution is 2.09. The molecule has 20 heavy (non-hydrogen) atoms. The van der Waals surface area contributed by atoms with Crippen LogP contribution < -0.4 is 0 Å². The Bertz CT molecular complexity index is 548. The van der Waals surface area contributed by atoms with E-state index in [1.807, 2.05) is 17.0 Å². The SMILES string of the molecule is O=C(c1ncn[nH]1)N1CCN(Cc2ccncc2)CC1. The number of nitrogens with zero attached hydrogens (tertiary/aromatic N) is 5. The Morgan fingerprint density at radius 2 is 1.95 bits per heavy atom. The number of nitrogens with one attached hydrogen (secondary N) is 1. The molecule has 0 aliphatic carbocycles. The van der Waals surface area contributed by atoms with Crippen LogP contribution in [0.4, 0.5) is 0 Å². The molecule has 7 nitrogen and oxygen atoms in total. The van der Waals surface area contributed by atoms with Crippen LogP contribution in [0.25, 0.3) is 0 Å². The first-order valence-electron chi connectivity index (χ1n) is 6.59. The molecule has 104 valence electrons. The van der Waals surface area contributed by atoms with E-state index in [9.17, 15) is 4.79 Å². The number of carbonyl (C=O) groups excluding carboxylic acids is 1. The zero-order valence-corrected chi connectivity index (χ0v) is 11.1. The molecule has 2 aromatic rings. The molecule has 0 atom stereocenters. The van der Waals surface area contributed by atoms with Gasteiger partial charge in [-0.05, 0) is 17.7 Å². The van der Waals surface area contributed by atoms with Crippen molar-refractivity contribution in [1.82, 2.24) is 30.0 Å². The lowest BCUT2D eigenvalue weighted by Gasteiger charge is -2.34. The molecule has 1 amide bonds. The Labute approximate surface area is 116 Å². The van der Waals surface area contributed by atoms with E-state index < -0.39 is 0 Å². The van der Waals surface area contributed by atoms with Crippen LogP contribution in [0.5, 0.6) is 0 Å². The summed E-state index contributed by atoms with van der Waals surface area (Å²) in [4.78, 5) is 24.1. The predicted molar refractivity (Wildman–Crippen MR) is 71.8 cm³/mol. The van der Waals surface area contributed by atoms with Gasteiger partial charge in [0.25, 0.3) is 5.91 Å². The molecular formula is C13H16N6O. The van der Waals surface area contributed by atoms with Crippen molar-refractivity contribution in [1.29, 1.82) is 0 Å². The third-order valence-electron chi connectivity index (χ3n) is 3.43. The lowest BCUT2D eigenvalue weighted by atomic mass is 10.2. The second kappa shape index (κ2) is 5.79. The number of H-pyrrole nitrogens is 1. The van der Waals surface area contributed by atoms with Crippen LogP contribution in [-0.4, -0.2) is 62.1 Å². The summed E-state index contributed by atoms with van der Waals surface area (Å²) >= 11 is 0. The van der Waals surface area contributed by atoms with Gasteiger partial charge in [0.2, 0.25) is 5.82 Å².